The van der Waals surface area contributed by atoms with E-state index in [0.717, 1.165) is 17.0 Å². The molecule has 0 aliphatic carbocycles. The number of hydrogen-bond acceptors (Lipinski definition) is 5. The second-order valence-electron chi connectivity index (χ2n) is 4.65. The van der Waals surface area contributed by atoms with Crippen LogP contribution in [0.1, 0.15) is 24.6 Å². The van der Waals surface area contributed by atoms with E-state index in [0.29, 0.717) is 28.9 Å². The first-order chi connectivity index (χ1) is 10.6. The maximum atomic E-state index is 11.7. The number of hydrogen-bond donors (Lipinski definition) is 2. The van der Waals surface area contributed by atoms with E-state index >= 15 is 0 Å². The third-order valence-electron chi connectivity index (χ3n) is 2.94. The van der Waals surface area contributed by atoms with E-state index in [-0.39, 0.29) is 5.91 Å². The summed E-state index contributed by atoms with van der Waals surface area (Å²) in [4.78, 5) is 16.7. The fourth-order valence-corrected chi connectivity index (χ4v) is 2.82. The molecular weight excluding hydrogens is 322 g/mol. The van der Waals surface area contributed by atoms with Gasteiger partial charge in [0.25, 0.3) is 0 Å². The van der Waals surface area contributed by atoms with Gasteiger partial charge in [-0.25, -0.2) is 4.98 Å². The average Bonchev–Trinajstić information content (AvgIpc) is 2.92. The zero-order chi connectivity index (χ0) is 15.9. The van der Waals surface area contributed by atoms with E-state index < -0.39 is 0 Å². The Bertz CT molecular complexity index is 645. The number of amides is 1. The van der Waals surface area contributed by atoms with Crippen LogP contribution in [0.4, 0.5) is 11.4 Å². The lowest BCUT2D eigenvalue weighted by Crippen LogP contribution is -2.11. The first kappa shape index (κ1) is 16.6. The number of nitrogens with one attached hydrogen (secondary N) is 2. The Morgan fingerprint density at radius 2 is 2.27 bits per heavy atom. The highest BCUT2D eigenvalue weighted by atomic mass is 35.5. The number of benzene rings is 1. The first-order valence-corrected chi connectivity index (χ1v) is 8.13. The van der Waals surface area contributed by atoms with Gasteiger partial charge in [0, 0.05) is 29.2 Å². The highest BCUT2D eigenvalue weighted by Crippen LogP contribution is 2.29. The van der Waals surface area contributed by atoms with Gasteiger partial charge >= 0.3 is 0 Å². The van der Waals surface area contributed by atoms with Crippen LogP contribution in [-0.4, -0.2) is 18.0 Å². The van der Waals surface area contributed by atoms with Crippen molar-refractivity contribution in [3.8, 4) is 5.75 Å². The fourth-order valence-electron chi connectivity index (χ4n) is 1.90. The van der Waals surface area contributed by atoms with Crippen molar-refractivity contribution in [2.75, 3.05) is 17.7 Å². The van der Waals surface area contributed by atoms with Gasteiger partial charge in [-0.2, -0.15) is 0 Å². The Balaban J connectivity index is 2.03. The number of thiazole rings is 1. The molecule has 0 bridgehead atoms. The molecule has 2 rings (SSSR count). The van der Waals surface area contributed by atoms with Crippen LogP contribution in [0.25, 0.3) is 0 Å². The van der Waals surface area contributed by atoms with Gasteiger partial charge in [0.1, 0.15) is 5.75 Å². The lowest BCUT2D eigenvalue weighted by molar-refractivity contribution is -0.116. The van der Waals surface area contributed by atoms with Crippen molar-refractivity contribution in [2.45, 2.75) is 26.3 Å². The number of nitrogens with zero attached hydrogens (tertiary/aromatic N) is 1. The molecule has 1 amide bonds. The molecule has 1 aromatic carbocycles. The van der Waals surface area contributed by atoms with Crippen molar-refractivity contribution < 1.29 is 9.53 Å². The summed E-state index contributed by atoms with van der Waals surface area (Å²) in [6.07, 6.45) is 3.05. The maximum absolute atomic E-state index is 11.7. The van der Waals surface area contributed by atoms with Crippen molar-refractivity contribution in [2.24, 2.45) is 0 Å². The van der Waals surface area contributed by atoms with E-state index in [1.54, 1.807) is 13.3 Å². The topological polar surface area (TPSA) is 63.2 Å². The summed E-state index contributed by atoms with van der Waals surface area (Å²) in [5.74, 6) is 0.609. The molecule has 0 saturated carbocycles. The largest absolute Gasteiger partial charge is 0.494 e. The van der Waals surface area contributed by atoms with Gasteiger partial charge in [-0.15, -0.1) is 11.3 Å². The second-order valence-corrected chi connectivity index (χ2v) is 6.34. The Morgan fingerprint density at radius 1 is 1.45 bits per heavy atom. The monoisotopic (exact) mass is 339 g/mol. The molecule has 0 radical (unpaired) electrons. The van der Waals surface area contributed by atoms with E-state index in [1.807, 2.05) is 25.1 Å². The minimum absolute atomic E-state index is 0.0131. The van der Waals surface area contributed by atoms with Crippen LogP contribution < -0.4 is 15.4 Å². The number of carbonyl (C=O) groups is 1. The number of ether oxygens (including phenoxy) is 1. The van der Waals surface area contributed by atoms with Gasteiger partial charge in [-0.1, -0.05) is 18.5 Å². The van der Waals surface area contributed by atoms with Crippen LogP contribution in [0.15, 0.2) is 24.4 Å². The molecule has 2 aromatic rings. The van der Waals surface area contributed by atoms with Crippen molar-refractivity contribution in [3.05, 3.63) is 33.7 Å². The molecule has 1 aromatic heterocycles. The van der Waals surface area contributed by atoms with Gasteiger partial charge in [-0.3, -0.25) is 4.79 Å². The molecule has 0 atom stereocenters. The van der Waals surface area contributed by atoms with Crippen molar-refractivity contribution in [3.63, 3.8) is 0 Å². The predicted octanol–water partition coefficient (Wildman–Crippen LogP) is 4.16. The summed E-state index contributed by atoms with van der Waals surface area (Å²) in [5, 5.41) is 6.12. The lowest BCUT2D eigenvalue weighted by Gasteiger charge is -2.12. The Kier molecular flexibility index (Phi) is 6.03. The number of rotatable bonds is 7. The smallest absolute Gasteiger partial charge is 0.224 e. The SMILES string of the molecule is CCCC(=O)Nc1ccc(NCc2cnc(Cl)s2)cc1OC. The summed E-state index contributed by atoms with van der Waals surface area (Å²) in [6, 6.07) is 5.57. The Hall–Kier alpha value is -1.79. The van der Waals surface area contributed by atoms with Gasteiger partial charge in [0.05, 0.1) is 19.3 Å². The van der Waals surface area contributed by atoms with Crippen molar-refractivity contribution in [1.29, 1.82) is 0 Å². The number of aromatic nitrogens is 1. The van der Waals surface area contributed by atoms with Crippen molar-refractivity contribution >= 4 is 40.2 Å². The van der Waals surface area contributed by atoms with Crippen LogP contribution in [0, 0.1) is 0 Å². The number of carbonyl (C=O) groups excluding carboxylic acids is 1. The van der Waals surface area contributed by atoms with Crippen LogP contribution >= 0.6 is 22.9 Å². The van der Waals surface area contributed by atoms with Crippen LogP contribution in [0.5, 0.6) is 5.75 Å². The molecule has 0 aliphatic rings. The quantitative estimate of drug-likeness (QED) is 0.795. The molecule has 1 heterocycles. The van der Waals surface area contributed by atoms with Crippen LogP contribution in [0.2, 0.25) is 4.47 Å². The molecule has 2 N–H and O–H groups in total. The highest BCUT2D eigenvalue weighted by molar-refractivity contribution is 7.15. The highest BCUT2D eigenvalue weighted by Gasteiger charge is 2.08. The van der Waals surface area contributed by atoms with Gasteiger partial charge in [0.15, 0.2) is 4.47 Å². The molecule has 5 nitrogen and oxygen atoms in total. The molecule has 22 heavy (non-hydrogen) atoms. The summed E-state index contributed by atoms with van der Waals surface area (Å²) in [5.41, 5.74) is 1.57. The predicted molar refractivity (Wildman–Crippen MR) is 91.0 cm³/mol. The second kappa shape index (κ2) is 8.00. The van der Waals surface area contributed by atoms with E-state index in [2.05, 4.69) is 15.6 Å². The zero-order valence-electron chi connectivity index (χ0n) is 12.5. The summed E-state index contributed by atoms with van der Waals surface area (Å²) < 4.78 is 5.87. The minimum atomic E-state index is -0.0131. The molecule has 0 spiro atoms. The molecule has 118 valence electrons. The normalized spacial score (nSPS) is 10.3. The standard InChI is InChI=1S/C15H18ClN3O2S/c1-3-4-14(20)19-12-6-5-10(7-13(12)21-2)17-8-11-9-18-15(16)22-11/h5-7,9,17H,3-4,8H2,1-2H3,(H,19,20). The average molecular weight is 340 g/mol. The molecular formula is C15H18ClN3O2S. The maximum Gasteiger partial charge on any atom is 0.224 e. The summed E-state index contributed by atoms with van der Waals surface area (Å²) in [6.45, 7) is 2.60. The van der Waals surface area contributed by atoms with Crippen LogP contribution in [0.3, 0.4) is 0 Å². The summed E-state index contributed by atoms with van der Waals surface area (Å²) in [7, 11) is 1.58. The van der Waals surface area contributed by atoms with E-state index in [4.69, 9.17) is 16.3 Å². The first-order valence-electron chi connectivity index (χ1n) is 6.94. The number of anilines is 2. The van der Waals surface area contributed by atoms with Gasteiger partial charge < -0.3 is 15.4 Å². The Labute approximate surface area is 138 Å². The number of methoxy groups -OCH3 is 1. The molecule has 0 saturated heterocycles. The van der Waals surface area contributed by atoms with Gasteiger partial charge in [0.2, 0.25) is 5.91 Å². The van der Waals surface area contributed by atoms with Crippen LogP contribution in [-0.2, 0) is 11.3 Å². The third-order valence-corrected chi connectivity index (χ3v) is 4.06. The van der Waals surface area contributed by atoms with E-state index in [9.17, 15) is 4.79 Å². The van der Waals surface area contributed by atoms with E-state index in [1.165, 1.54) is 11.3 Å². The Morgan fingerprint density at radius 3 is 2.91 bits per heavy atom. The summed E-state index contributed by atoms with van der Waals surface area (Å²) >= 11 is 7.24. The molecule has 0 fully saturated rings. The zero-order valence-corrected chi connectivity index (χ0v) is 14.1. The van der Waals surface area contributed by atoms with Crippen molar-refractivity contribution in [1.82, 2.24) is 4.98 Å². The fraction of sp³-hybridized carbons (Fsp3) is 0.333. The number of halogens is 1. The van der Waals surface area contributed by atoms with Gasteiger partial charge in [-0.05, 0) is 18.6 Å². The molecule has 7 heteroatoms. The third kappa shape index (κ3) is 4.61. The molecule has 0 unspecified atom stereocenters. The minimum Gasteiger partial charge on any atom is -0.494 e. The molecule has 0 aliphatic heterocycles. The lowest BCUT2D eigenvalue weighted by atomic mass is 10.2.